The molecule has 1 aliphatic heterocycles. The summed E-state index contributed by atoms with van der Waals surface area (Å²) in [7, 11) is 0. The normalized spacial score (nSPS) is 16.2. The molecule has 0 radical (unpaired) electrons. The van der Waals surface area contributed by atoms with E-state index in [-0.39, 0.29) is 34.8 Å². The summed E-state index contributed by atoms with van der Waals surface area (Å²) < 4.78 is 15.1. The number of fused-ring (bicyclic) bond motifs is 1. The quantitative estimate of drug-likeness (QED) is 0.733. The number of nitrogens with one attached hydrogen (secondary N) is 1. The number of nitrogens with zero attached hydrogens (tertiary/aromatic N) is 2. The van der Waals surface area contributed by atoms with Crippen LogP contribution in [-0.4, -0.2) is 20.8 Å². The van der Waals surface area contributed by atoms with Crippen LogP contribution in [-0.2, 0) is 11.3 Å². The van der Waals surface area contributed by atoms with Crippen molar-refractivity contribution in [2.24, 2.45) is 0 Å². The maximum atomic E-state index is 13.4. The van der Waals surface area contributed by atoms with Crippen molar-refractivity contribution < 1.29 is 14.3 Å². The van der Waals surface area contributed by atoms with E-state index in [1.54, 1.807) is 35.1 Å². The lowest BCUT2D eigenvalue weighted by molar-refractivity contribution is -0.116. The Hall–Kier alpha value is -2.86. The van der Waals surface area contributed by atoms with Crippen LogP contribution in [0.1, 0.15) is 29.0 Å². The summed E-state index contributed by atoms with van der Waals surface area (Å²) in [6.07, 6.45) is 1.97. The monoisotopic (exact) mass is 371 g/mol. The number of anilines is 1. The Morgan fingerprint density at radius 1 is 1.31 bits per heavy atom. The van der Waals surface area contributed by atoms with Crippen LogP contribution in [0.3, 0.4) is 0 Å². The summed E-state index contributed by atoms with van der Waals surface area (Å²) in [6, 6.07) is 11.2. The fourth-order valence-corrected chi connectivity index (χ4v) is 3.42. The summed E-state index contributed by atoms with van der Waals surface area (Å²) in [4.78, 5) is 12.2. The van der Waals surface area contributed by atoms with Crippen LogP contribution in [0.25, 0.3) is 0 Å². The Morgan fingerprint density at radius 3 is 2.92 bits per heavy atom. The lowest BCUT2D eigenvalue weighted by Gasteiger charge is -2.24. The molecule has 4 rings (SSSR count). The first-order valence-corrected chi connectivity index (χ1v) is 8.47. The van der Waals surface area contributed by atoms with Gasteiger partial charge in [-0.15, -0.1) is 0 Å². The molecule has 132 valence electrons. The van der Waals surface area contributed by atoms with Gasteiger partial charge < -0.3 is 10.4 Å². The zero-order valence-electron chi connectivity index (χ0n) is 13.6. The average Bonchev–Trinajstić information content (AvgIpc) is 2.99. The lowest BCUT2D eigenvalue weighted by Crippen LogP contribution is -2.25. The van der Waals surface area contributed by atoms with Gasteiger partial charge in [-0.3, -0.25) is 4.79 Å². The highest BCUT2D eigenvalue weighted by Gasteiger charge is 2.30. The van der Waals surface area contributed by atoms with Crippen molar-refractivity contribution in [3.8, 4) is 5.75 Å². The number of hydrogen-bond acceptors (Lipinski definition) is 3. The molecule has 0 saturated heterocycles. The van der Waals surface area contributed by atoms with E-state index in [2.05, 4.69) is 10.4 Å². The molecule has 26 heavy (non-hydrogen) atoms. The SMILES string of the molecule is O=C1CC(c2ccc(O)c(Cl)c2)c2cnn(Cc3cccc(F)c3)c2N1. The number of rotatable bonds is 3. The molecule has 0 spiro atoms. The van der Waals surface area contributed by atoms with Crippen LogP contribution in [0, 0.1) is 5.82 Å². The zero-order chi connectivity index (χ0) is 18.3. The van der Waals surface area contributed by atoms with Crippen LogP contribution in [0.4, 0.5) is 10.2 Å². The molecule has 0 fully saturated rings. The van der Waals surface area contributed by atoms with Gasteiger partial charge in [0.15, 0.2) is 0 Å². The van der Waals surface area contributed by atoms with E-state index < -0.39 is 0 Å². The Morgan fingerprint density at radius 2 is 2.15 bits per heavy atom. The first kappa shape index (κ1) is 16.6. The molecular formula is C19H15ClFN3O2. The molecule has 0 aliphatic carbocycles. The summed E-state index contributed by atoms with van der Waals surface area (Å²) >= 11 is 6.02. The molecule has 7 heteroatoms. The molecule has 1 aliphatic rings. The Kier molecular flexibility index (Phi) is 4.12. The highest BCUT2D eigenvalue weighted by molar-refractivity contribution is 6.32. The molecule has 0 saturated carbocycles. The predicted octanol–water partition coefficient (Wildman–Crippen LogP) is 3.90. The summed E-state index contributed by atoms with van der Waals surface area (Å²) in [6.45, 7) is 0.344. The second-order valence-corrected chi connectivity index (χ2v) is 6.66. The van der Waals surface area contributed by atoms with Crippen molar-refractivity contribution in [1.29, 1.82) is 0 Å². The van der Waals surface area contributed by atoms with E-state index in [9.17, 15) is 14.3 Å². The van der Waals surface area contributed by atoms with E-state index in [0.29, 0.717) is 12.4 Å². The second-order valence-electron chi connectivity index (χ2n) is 6.25. The van der Waals surface area contributed by atoms with Crippen molar-refractivity contribution >= 4 is 23.3 Å². The zero-order valence-corrected chi connectivity index (χ0v) is 14.4. The number of phenols is 1. The number of carbonyl (C=O) groups is 1. The minimum atomic E-state index is -0.316. The summed E-state index contributed by atoms with van der Waals surface area (Å²) in [5.74, 6) is -0.0626. The van der Waals surface area contributed by atoms with Gasteiger partial charge in [0.1, 0.15) is 17.4 Å². The van der Waals surface area contributed by atoms with E-state index in [4.69, 9.17) is 11.6 Å². The van der Waals surface area contributed by atoms with Gasteiger partial charge in [0, 0.05) is 17.9 Å². The maximum absolute atomic E-state index is 13.4. The fraction of sp³-hybridized carbons (Fsp3) is 0.158. The molecule has 1 amide bonds. The van der Waals surface area contributed by atoms with Crippen molar-refractivity contribution in [3.63, 3.8) is 0 Å². The molecule has 2 N–H and O–H groups in total. The number of aromatic hydroxyl groups is 1. The maximum Gasteiger partial charge on any atom is 0.226 e. The van der Waals surface area contributed by atoms with Crippen molar-refractivity contribution in [2.75, 3.05) is 5.32 Å². The highest BCUT2D eigenvalue weighted by atomic mass is 35.5. The molecule has 3 aromatic rings. The first-order chi connectivity index (χ1) is 12.5. The van der Waals surface area contributed by atoms with Crippen LogP contribution in [0.15, 0.2) is 48.7 Å². The van der Waals surface area contributed by atoms with Crippen molar-refractivity contribution in [2.45, 2.75) is 18.9 Å². The molecule has 1 unspecified atom stereocenters. The van der Waals surface area contributed by atoms with E-state index in [0.717, 1.165) is 16.7 Å². The largest absolute Gasteiger partial charge is 0.506 e. The van der Waals surface area contributed by atoms with Crippen molar-refractivity contribution in [1.82, 2.24) is 9.78 Å². The average molecular weight is 372 g/mol. The molecule has 0 bridgehead atoms. The Bertz CT molecular complexity index is 1000. The van der Waals surface area contributed by atoms with Gasteiger partial charge in [-0.1, -0.05) is 29.8 Å². The molecule has 2 heterocycles. The molecule has 2 aromatic carbocycles. The predicted molar refractivity (Wildman–Crippen MR) is 95.9 cm³/mol. The number of aromatic nitrogens is 2. The highest BCUT2D eigenvalue weighted by Crippen LogP contribution is 2.39. The number of carbonyl (C=O) groups excluding carboxylic acids is 1. The van der Waals surface area contributed by atoms with Gasteiger partial charge in [-0.25, -0.2) is 9.07 Å². The third-order valence-corrected chi connectivity index (χ3v) is 4.79. The standard InChI is InChI=1S/C19H15ClFN3O2/c20-16-7-12(4-5-17(16)25)14-8-18(26)23-19-15(14)9-22-24(19)10-11-2-1-3-13(21)6-11/h1-7,9,14,25H,8,10H2,(H,23,26). The van der Waals surface area contributed by atoms with Gasteiger partial charge in [0.05, 0.1) is 17.8 Å². The third kappa shape index (κ3) is 3.04. The molecule has 1 aromatic heterocycles. The summed E-state index contributed by atoms with van der Waals surface area (Å²) in [5, 5.41) is 17.1. The Labute approximate surface area is 154 Å². The number of amides is 1. The number of benzene rings is 2. The number of halogens is 2. The van der Waals surface area contributed by atoms with E-state index in [1.807, 2.05) is 0 Å². The van der Waals surface area contributed by atoms with E-state index in [1.165, 1.54) is 18.2 Å². The van der Waals surface area contributed by atoms with Crippen LogP contribution in [0.2, 0.25) is 5.02 Å². The topological polar surface area (TPSA) is 67.1 Å². The van der Waals surface area contributed by atoms with E-state index >= 15 is 0 Å². The summed E-state index contributed by atoms with van der Waals surface area (Å²) in [5.41, 5.74) is 2.44. The minimum absolute atomic E-state index is 0.00213. The second kappa shape index (κ2) is 6.46. The smallest absolute Gasteiger partial charge is 0.226 e. The van der Waals surface area contributed by atoms with Crippen LogP contribution < -0.4 is 5.32 Å². The molecule has 5 nitrogen and oxygen atoms in total. The molecule has 1 atom stereocenters. The minimum Gasteiger partial charge on any atom is -0.506 e. The first-order valence-electron chi connectivity index (χ1n) is 8.09. The van der Waals surface area contributed by atoms with Crippen molar-refractivity contribution in [3.05, 3.63) is 76.2 Å². The van der Waals surface area contributed by atoms with Crippen LogP contribution >= 0.6 is 11.6 Å². The number of hydrogen-bond donors (Lipinski definition) is 2. The Balaban J connectivity index is 1.71. The number of phenolic OH excluding ortho intramolecular Hbond substituents is 1. The van der Waals surface area contributed by atoms with Crippen LogP contribution in [0.5, 0.6) is 5.75 Å². The van der Waals surface area contributed by atoms with Gasteiger partial charge in [-0.2, -0.15) is 5.10 Å². The van der Waals surface area contributed by atoms with Gasteiger partial charge in [0.25, 0.3) is 0 Å². The third-order valence-electron chi connectivity index (χ3n) is 4.49. The van der Waals surface area contributed by atoms with Gasteiger partial charge in [-0.05, 0) is 35.4 Å². The van der Waals surface area contributed by atoms with Gasteiger partial charge in [0.2, 0.25) is 5.91 Å². The van der Waals surface area contributed by atoms with Gasteiger partial charge >= 0.3 is 0 Å². The fourth-order valence-electron chi connectivity index (χ4n) is 3.24. The molecular weight excluding hydrogens is 357 g/mol. The lowest BCUT2D eigenvalue weighted by atomic mass is 9.87.